The highest BCUT2D eigenvalue weighted by atomic mass is 32.2. The van der Waals surface area contributed by atoms with Gasteiger partial charge in [0, 0.05) is 6.61 Å². The molecule has 0 saturated heterocycles. The van der Waals surface area contributed by atoms with E-state index >= 15 is 0 Å². The second-order valence-corrected chi connectivity index (χ2v) is 7.72. The Hall–Kier alpha value is -0.910. The molecule has 0 aliphatic carbocycles. The van der Waals surface area contributed by atoms with E-state index in [9.17, 15) is 13.0 Å². The molecule has 1 aromatic carbocycles. The van der Waals surface area contributed by atoms with Crippen molar-refractivity contribution in [2.24, 2.45) is 0 Å². The highest BCUT2D eigenvalue weighted by Gasteiger charge is 2.13. The van der Waals surface area contributed by atoms with Gasteiger partial charge in [0.1, 0.15) is 0 Å². The van der Waals surface area contributed by atoms with Crippen molar-refractivity contribution in [1.82, 2.24) is 0 Å². The molecule has 0 aliphatic heterocycles. The summed E-state index contributed by atoms with van der Waals surface area (Å²) in [5.74, 6) is 0. The van der Waals surface area contributed by atoms with Crippen LogP contribution < -0.4 is 0 Å². The topological polar surface area (TPSA) is 74.6 Å². The number of aliphatic hydroxyl groups excluding tert-OH is 1. The zero-order valence-electron chi connectivity index (χ0n) is 15.9. The zero-order chi connectivity index (χ0) is 19.0. The van der Waals surface area contributed by atoms with E-state index in [2.05, 4.69) is 6.92 Å². The van der Waals surface area contributed by atoms with Crippen molar-refractivity contribution in [3.8, 4) is 0 Å². The SMILES string of the molecule is CCCCCCCCCCCCc1ccccc1S(=O)(=O)O.CCO. The summed E-state index contributed by atoms with van der Waals surface area (Å²) in [6.45, 7) is 4.17. The van der Waals surface area contributed by atoms with Gasteiger partial charge < -0.3 is 5.11 Å². The molecule has 0 saturated carbocycles. The van der Waals surface area contributed by atoms with E-state index in [0.717, 1.165) is 18.4 Å². The van der Waals surface area contributed by atoms with Crippen LogP contribution in [0.25, 0.3) is 0 Å². The van der Waals surface area contributed by atoms with Crippen LogP contribution in [0.15, 0.2) is 29.2 Å². The van der Waals surface area contributed by atoms with E-state index in [4.69, 9.17) is 5.11 Å². The highest BCUT2D eigenvalue weighted by Crippen LogP contribution is 2.18. The number of benzene rings is 1. The summed E-state index contributed by atoms with van der Waals surface area (Å²) in [6, 6.07) is 6.73. The summed E-state index contributed by atoms with van der Waals surface area (Å²) in [5.41, 5.74) is 0.726. The average Bonchev–Trinajstić information content (AvgIpc) is 2.57. The van der Waals surface area contributed by atoms with E-state index in [1.54, 1.807) is 19.1 Å². The molecule has 0 fully saturated rings. The van der Waals surface area contributed by atoms with E-state index in [0.29, 0.717) is 6.42 Å². The lowest BCUT2D eigenvalue weighted by molar-refractivity contribution is 0.318. The maximum absolute atomic E-state index is 11.3. The van der Waals surface area contributed by atoms with Gasteiger partial charge in [-0.25, -0.2) is 0 Å². The van der Waals surface area contributed by atoms with Gasteiger partial charge in [-0.05, 0) is 31.4 Å². The second kappa shape index (κ2) is 15.4. The molecule has 0 heterocycles. The van der Waals surface area contributed by atoms with Gasteiger partial charge in [-0.15, -0.1) is 0 Å². The molecule has 25 heavy (non-hydrogen) atoms. The molecule has 1 aromatic rings. The van der Waals surface area contributed by atoms with Crippen molar-refractivity contribution in [2.45, 2.75) is 89.4 Å². The Labute approximate surface area is 154 Å². The molecule has 5 heteroatoms. The van der Waals surface area contributed by atoms with Gasteiger partial charge in [0.2, 0.25) is 0 Å². The van der Waals surface area contributed by atoms with Crippen LogP contribution in [0.5, 0.6) is 0 Å². The number of hydrogen-bond acceptors (Lipinski definition) is 3. The third kappa shape index (κ3) is 13.0. The first-order valence-corrected chi connectivity index (χ1v) is 11.1. The van der Waals surface area contributed by atoms with Crippen molar-refractivity contribution >= 4 is 10.1 Å². The Morgan fingerprint density at radius 1 is 0.800 bits per heavy atom. The molecule has 146 valence electrons. The first kappa shape index (κ1) is 24.1. The summed E-state index contributed by atoms with van der Waals surface area (Å²) in [5, 5.41) is 7.57. The fourth-order valence-corrected chi connectivity index (χ4v) is 3.52. The van der Waals surface area contributed by atoms with E-state index in [1.165, 1.54) is 57.4 Å². The molecule has 0 atom stereocenters. The van der Waals surface area contributed by atoms with E-state index in [-0.39, 0.29) is 11.5 Å². The van der Waals surface area contributed by atoms with Gasteiger partial charge in [-0.1, -0.05) is 82.9 Å². The van der Waals surface area contributed by atoms with Gasteiger partial charge in [0.25, 0.3) is 10.1 Å². The smallest absolute Gasteiger partial charge is 0.294 e. The van der Waals surface area contributed by atoms with Crippen molar-refractivity contribution in [3.05, 3.63) is 29.8 Å². The van der Waals surface area contributed by atoms with Crippen LogP contribution in [-0.2, 0) is 16.5 Å². The maximum atomic E-state index is 11.3. The van der Waals surface area contributed by atoms with Crippen LogP contribution in [0.4, 0.5) is 0 Å². The number of aliphatic hydroxyl groups is 1. The quantitative estimate of drug-likeness (QED) is 0.381. The Morgan fingerprint density at radius 2 is 1.24 bits per heavy atom. The second-order valence-electron chi connectivity index (χ2n) is 6.33. The third-order valence-electron chi connectivity index (χ3n) is 4.05. The first-order valence-electron chi connectivity index (χ1n) is 9.63. The summed E-state index contributed by atoms with van der Waals surface area (Å²) in [6.07, 6.45) is 13.3. The van der Waals surface area contributed by atoms with Gasteiger partial charge >= 0.3 is 0 Å². The predicted octanol–water partition coefficient (Wildman–Crippen LogP) is 5.40. The molecule has 0 aromatic heterocycles. The minimum absolute atomic E-state index is 0.0610. The van der Waals surface area contributed by atoms with Crippen molar-refractivity contribution < 1.29 is 18.1 Å². The minimum Gasteiger partial charge on any atom is -0.397 e. The Kier molecular flexibility index (Phi) is 14.8. The summed E-state index contributed by atoms with van der Waals surface area (Å²) in [4.78, 5) is 0.0610. The lowest BCUT2D eigenvalue weighted by Gasteiger charge is -2.07. The monoisotopic (exact) mass is 372 g/mol. The molecule has 0 aliphatic rings. The lowest BCUT2D eigenvalue weighted by Crippen LogP contribution is -2.03. The molecular formula is C20H36O4S. The molecule has 0 spiro atoms. The molecule has 2 N–H and O–H groups in total. The minimum atomic E-state index is -4.10. The molecule has 4 nitrogen and oxygen atoms in total. The third-order valence-corrected chi connectivity index (χ3v) is 5.00. The summed E-state index contributed by atoms with van der Waals surface area (Å²) in [7, 11) is -4.10. The van der Waals surface area contributed by atoms with E-state index < -0.39 is 10.1 Å². The Morgan fingerprint density at radius 3 is 1.72 bits per heavy atom. The van der Waals surface area contributed by atoms with Crippen LogP contribution in [0.2, 0.25) is 0 Å². The average molecular weight is 373 g/mol. The van der Waals surface area contributed by atoms with Gasteiger partial charge in [0.05, 0.1) is 4.90 Å². The number of unbranched alkanes of at least 4 members (excludes halogenated alkanes) is 9. The lowest BCUT2D eigenvalue weighted by atomic mass is 10.0. The summed E-state index contributed by atoms with van der Waals surface area (Å²) < 4.78 is 31.8. The van der Waals surface area contributed by atoms with Crippen LogP contribution in [-0.4, -0.2) is 24.7 Å². The van der Waals surface area contributed by atoms with Crippen LogP contribution in [0, 0.1) is 0 Å². The maximum Gasteiger partial charge on any atom is 0.294 e. The van der Waals surface area contributed by atoms with Crippen LogP contribution >= 0.6 is 0 Å². The van der Waals surface area contributed by atoms with E-state index in [1.807, 2.05) is 6.07 Å². The number of rotatable bonds is 12. The Balaban J connectivity index is 0.00000178. The van der Waals surface area contributed by atoms with Crippen LogP contribution in [0.3, 0.4) is 0 Å². The fraction of sp³-hybridized carbons (Fsp3) is 0.700. The standard InChI is InChI=1S/C18H30O3S.C2H6O/c1-2-3-4-5-6-7-8-9-10-11-14-17-15-12-13-16-18(17)22(19,20)21;1-2-3/h12-13,15-16H,2-11,14H2,1H3,(H,19,20,21);3H,2H2,1H3. The molecule has 0 amide bonds. The molecule has 1 rings (SSSR count). The van der Waals surface area contributed by atoms with Crippen molar-refractivity contribution in [3.63, 3.8) is 0 Å². The normalized spacial score (nSPS) is 11.0. The largest absolute Gasteiger partial charge is 0.397 e. The van der Waals surface area contributed by atoms with Crippen LogP contribution in [0.1, 0.15) is 83.6 Å². The zero-order valence-corrected chi connectivity index (χ0v) is 16.7. The summed E-state index contributed by atoms with van der Waals surface area (Å²) >= 11 is 0. The van der Waals surface area contributed by atoms with Gasteiger partial charge in [-0.2, -0.15) is 8.42 Å². The van der Waals surface area contributed by atoms with Gasteiger partial charge in [0.15, 0.2) is 0 Å². The first-order chi connectivity index (χ1) is 12.0. The highest BCUT2D eigenvalue weighted by molar-refractivity contribution is 7.85. The van der Waals surface area contributed by atoms with Gasteiger partial charge in [-0.3, -0.25) is 4.55 Å². The Bertz CT molecular complexity index is 526. The molecule has 0 radical (unpaired) electrons. The fourth-order valence-electron chi connectivity index (χ4n) is 2.76. The molecular weight excluding hydrogens is 336 g/mol. The number of hydrogen-bond donors (Lipinski definition) is 2. The molecule has 0 bridgehead atoms. The van der Waals surface area contributed by atoms with Crippen molar-refractivity contribution in [1.29, 1.82) is 0 Å². The number of aryl methyl sites for hydroxylation is 1. The molecule has 0 unspecified atom stereocenters. The van der Waals surface area contributed by atoms with Crippen molar-refractivity contribution in [2.75, 3.05) is 6.61 Å². The predicted molar refractivity (Wildman–Crippen MR) is 105 cm³/mol.